The highest BCUT2D eigenvalue weighted by Gasteiger charge is 2.55. The van der Waals surface area contributed by atoms with Crippen molar-refractivity contribution in [3.63, 3.8) is 0 Å². The first-order chi connectivity index (χ1) is 17.8. The van der Waals surface area contributed by atoms with Crippen LogP contribution < -0.4 is 5.32 Å². The molecule has 37 heavy (non-hydrogen) atoms. The highest BCUT2D eigenvalue weighted by atomic mass is 19.1. The Hall–Kier alpha value is -4.01. The molecule has 0 radical (unpaired) electrons. The number of piperidine rings is 1. The average Bonchev–Trinajstić information content (AvgIpc) is 3.23. The summed E-state index contributed by atoms with van der Waals surface area (Å²) in [5.74, 6) is 0.168. The molecule has 190 valence electrons. The van der Waals surface area contributed by atoms with Gasteiger partial charge in [-0.15, -0.1) is 0 Å². The Bertz CT molecular complexity index is 1470. The second kappa shape index (κ2) is 8.83. The number of furan rings is 1. The van der Waals surface area contributed by atoms with E-state index in [1.807, 2.05) is 24.8 Å². The molecule has 1 N–H and O–H groups in total. The lowest BCUT2D eigenvalue weighted by molar-refractivity contribution is 0.0667. The lowest BCUT2D eigenvalue weighted by Crippen LogP contribution is -2.40. The molecule has 1 unspecified atom stereocenters. The van der Waals surface area contributed by atoms with Crippen LogP contribution in [-0.2, 0) is 0 Å². The predicted molar refractivity (Wildman–Crippen MR) is 135 cm³/mol. The third-order valence-corrected chi connectivity index (χ3v) is 8.04. The SMILES string of the molecule is Cc1nn(-c2ccc(F)cc2)c(C)c1C(=O)N1CCC2(CC1)CC2CNC(=O)c1cc2ccncc2o1. The summed E-state index contributed by atoms with van der Waals surface area (Å²) in [5.41, 5.74) is 3.54. The van der Waals surface area contributed by atoms with Crippen LogP contribution in [-0.4, -0.2) is 51.1 Å². The Morgan fingerprint density at radius 3 is 2.65 bits per heavy atom. The number of rotatable bonds is 5. The second-order valence-electron chi connectivity index (χ2n) is 10.2. The molecular weight excluding hydrogens is 473 g/mol. The van der Waals surface area contributed by atoms with E-state index in [0.29, 0.717) is 48.2 Å². The molecule has 1 saturated carbocycles. The number of likely N-dealkylation sites (tertiary alicyclic amines) is 1. The van der Waals surface area contributed by atoms with Gasteiger partial charge in [0.25, 0.3) is 11.8 Å². The van der Waals surface area contributed by atoms with Crippen LogP contribution in [0.2, 0.25) is 0 Å². The monoisotopic (exact) mass is 501 g/mol. The molecule has 4 aromatic rings. The van der Waals surface area contributed by atoms with Crippen molar-refractivity contribution in [1.29, 1.82) is 0 Å². The van der Waals surface area contributed by atoms with Gasteiger partial charge in [-0.1, -0.05) is 0 Å². The molecule has 4 heterocycles. The summed E-state index contributed by atoms with van der Waals surface area (Å²) in [6.45, 7) is 5.68. The molecule has 1 aromatic carbocycles. The average molecular weight is 502 g/mol. The van der Waals surface area contributed by atoms with E-state index in [2.05, 4.69) is 15.4 Å². The zero-order chi connectivity index (χ0) is 25.7. The number of hydrogen-bond acceptors (Lipinski definition) is 5. The fourth-order valence-electron chi connectivity index (χ4n) is 5.73. The lowest BCUT2D eigenvalue weighted by Gasteiger charge is -2.33. The quantitative estimate of drug-likeness (QED) is 0.436. The summed E-state index contributed by atoms with van der Waals surface area (Å²) in [7, 11) is 0. The van der Waals surface area contributed by atoms with Crippen LogP contribution in [0.1, 0.15) is 51.6 Å². The van der Waals surface area contributed by atoms with Crippen molar-refractivity contribution in [2.45, 2.75) is 33.1 Å². The summed E-state index contributed by atoms with van der Waals surface area (Å²) in [6, 6.07) is 9.65. The van der Waals surface area contributed by atoms with E-state index in [0.717, 1.165) is 36.0 Å². The number of fused-ring (bicyclic) bond motifs is 1. The Balaban J connectivity index is 1.06. The summed E-state index contributed by atoms with van der Waals surface area (Å²) >= 11 is 0. The van der Waals surface area contributed by atoms with Gasteiger partial charge in [-0.3, -0.25) is 14.6 Å². The molecule has 3 aromatic heterocycles. The van der Waals surface area contributed by atoms with Gasteiger partial charge in [0.2, 0.25) is 0 Å². The van der Waals surface area contributed by atoms with E-state index in [1.54, 1.807) is 35.3 Å². The van der Waals surface area contributed by atoms with E-state index in [-0.39, 0.29) is 23.0 Å². The molecule has 1 aliphatic carbocycles. The first kappa shape index (κ1) is 23.4. The van der Waals surface area contributed by atoms with E-state index < -0.39 is 0 Å². The lowest BCUT2D eigenvalue weighted by atomic mass is 9.90. The van der Waals surface area contributed by atoms with Crippen LogP contribution in [0, 0.1) is 31.0 Å². The summed E-state index contributed by atoms with van der Waals surface area (Å²) in [6.07, 6.45) is 6.16. The van der Waals surface area contributed by atoms with Crippen molar-refractivity contribution in [1.82, 2.24) is 25.0 Å². The van der Waals surface area contributed by atoms with E-state index in [1.165, 1.54) is 12.1 Å². The maximum Gasteiger partial charge on any atom is 0.287 e. The van der Waals surface area contributed by atoms with Gasteiger partial charge in [-0.05, 0) is 80.8 Å². The number of aryl methyl sites for hydroxylation is 1. The van der Waals surface area contributed by atoms with Gasteiger partial charge >= 0.3 is 0 Å². The van der Waals surface area contributed by atoms with Gasteiger partial charge in [0.1, 0.15) is 5.82 Å². The standard InChI is InChI=1S/C28H28FN5O3/c1-17-25(18(2)34(32-17)22-5-3-21(29)4-6-22)27(36)33-11-8-28(9-12-33)14-20(28)15-31-26(35)23-13-19-7-10-30-16-24(19)37-23/h3-7,10,13,16,20H,8-9,11-12,14-15H2,1-2H3,(H,31,35). The third kappa shape index (κ3) is 4.18. The molecule has 8 nitrogen and oxygen atoms in total. The fourth-order valence-corrected chi connectivity index (χ4v) is 5.73. The van der Waals surface area contributed by atoms with Gasteiger partial charge in [-0.25, -0.2) is 9.07 Å². The van der Waals surface area contributed by atoms with Crippen molar-refractivity contribution in [3.8, 4) is 5.69 Å². The Morgan fingerprint density at radius 2 is 1.92 bits per heavy atom. The molecule has 1 aliphatic heterocycles. The highest BCUT2D eigenvalue weighted by Crippen LogP contribution is 2.59. The van der Waals surface area contributed by atoms with Crippen LogP contribution in [0.25, 0.3) is 16.7 Å². The zero-order valence-corrected chi connectivity index (χ0v) is 20.8. The topological polar surface area (TPSA) is 93.3 Å². The smallest absolute Gasteiger partial charge is 0.287 e. The minimum Gasteiger partial charge on any atom is -0.449 e. The Morgan fingerprint density at radius 1 is 1.16 bits per heavy atom. The van der Waals surface area contributed by atoms with Gasteiger partial charge in [0.15, 0.2) is 11.3 Å². The molecule has 6 rings (SSSR count). The van der Waals surface area contributed by atoms with Gasteiger partial charge in [0.05, 0.1) is 28.8 Å². The van der Waals surface area contributed by atoms with Crippen molar-refractivity contribution in [2.75, 3.05) is 19.6 Å². The largest absolute Gasteiger partial charge is 0.449 e. The molecule has 1 atom stereocenters. The Labute approximate surface area is 213 Å². The highest BCUT2D eigenvalue weighted by molar-refractivity contribution is 5.97. The molecule has 2 aliphatic rings. The van der Waals surface area contributed by atoms with E-state index >= 15 is 0 Å². The zero-order valence-electron chi connectivity index (χ0n) is 20.8. The molecule has 1 spiro atoms. The third-order valence-electron chi connectivity index (χ3n) is 8.04. The minimum atomic E-state index is -0.311. The first-order valence-corrected chi connectivity index (χ1v) is 12.6. The number of hydrogen-bond donors (Lipinski definition) is 1. The summed E-state index contributed by atoms with van der Waals surface area (Å²) in [4.78, 5) is 32.0. The Kier molecular flexibility index (Phi) is 5.58. The maximum absolute atomic E-state index is 13.4. The van der Waals surface area contributed by atoms with Crippen LogP contribution in [0.15, 0.2) is 53.2 Å². The molecule has 2 amide bonds. The van der Waals surface area contributed by atoms with Crippen LogP contribution in [0.5, 0.6) is 0 Å². The van der Waals surface area contributed by atoms with Gasteiger partial charge in [-0.2, -0.15) is 5.10 Å². The molecule has 0 bridgehead atoms. The number of carbonyl (C=O) groups excluding carboxylic acids is 2. The predicted octanol–water partition coefficient (Wildman–Crippen LogP) is 4.44. The number of amides is 2. The van der Waals surface area contributed by atoms with Crippen LogP contribution in [0.3, 0.4) is 0 Å². The van der Waals surface area contributed by atoms with Crippen molar-refractivity contribution in [3.05, 3.63) is 77.3 Å². The van der Waals surface area contributed by atoms with E-state index in [4.69, 9.17) is 4.42 Å². The van der Waals surface area contributed by atoms with Crippen molar-refractivity contribution >= 4 is 22.8 Å². The molecule has 2 fully saturated rings. The van der Waals surface area contributed by atoms with Gasteiger partial charge < -0.3 is 14.6 Å². The van der Waals surface area contributed by atoms with Gasteiger partial charge in [0, 0.05) is 31.2 Å². The molecule has 9 heteroatoms. The summed E-state index contributed by atoms with van der Waals surface area (Å²) in [5, 5.41) is 8.43. The van der Waals surface area contributed by atoms with Crippen molar-refractivity contribution in [2.24, 2.45) is 11.3 Å². The maximum atomic E-state index is 13.4. The minimum absolute atomic E-state index is 0.0110. The fraction of sp³-hybridized carbons (Fsp3) is 0.357. The number of nitrogens with one attached hydrogen (secondary N) is 1. The molecule has 1 saturated heterocycles. The first-order valence-electron chi connectivity index (χ1n) is 12.6. The van der Waals surface area contributed by atoms with E-state index in [9.17, 15) is 14.0 Å². The van der Waals surface area contributed by atoms with Crippen LogP contribution >= 0.6 is 0 Å². The number of nitrogens with zero attached hydrogens (tertiary/aromatic N) is 4. The number of benzene rings is 1. The second-order valence-corrected chi connectivity index (χ2v) is 10.2. The summed E-state index contributed by atoms with van der Waals surface area (Å²) < 4.78 is 20.7. The van der Waals surface area contributed by atoms with Crippen molar-refractivity contribution < 1.29 is 18.4 Å². The number of aromatic nitrogens is 3. The van der Waals surface area contributed by atoms with Crippen LogP contribution in [0.4, 0.5) is 4.39 Å². The normalized spacial score (nSPS) is 18.4. The number of carbonyl (C=O) groups is 2. The molecular formula is C28H28FN5O3. The number of pyridine rings is 1. The number of halogens is 1.